The lowest BCUT2D eigenvalue weighted by Crippen LogP contribution is -2.44. The average molecular weight is 367 g/mol. The largest absolute Gasteiger partial charge is 0.513 e. The van der Waals surface area contributed by atoms with Gasteiger partial charge in [-0.25, -0.2) is 0 Å². The monoisotopic (exact) mass is 367 g/mol. The fraction of sp³-hybridized carbons (Fsp3) is 0.500. The summed E-state index contributed by atoms with van der Waals surface area (Å²) in [7, 11) is -0.606. The van der Waals surface area contributed by atoms with Crippen molar-refractivity contribution >= 4 is 18.6 Å². The first kappa shape index (κ1) is 19.9. The Balaban J connectivity index is 2.23. The first-order valence-corrected chi connectivity index (χ1v) is 9.53. The minimum atomic E-state index is -0.606. The van der Waals surface area contributed by atoms with Crippen LogP contribution in [0.3, 0.4) is 0 Å². The van der Waals surface area contributed by atoms with Crippen LogP contribution in [0.25, 0.3) is 11.1 Å². The third-order valence-electron chi connectivity index (χ3n) is 5.63. The quantitative estimate of drug-likeness (QED) is 0.737. The van der Waals surface area contributed by atoms with Gasteiger partial charge in [0, 0.05) is 17.2 Å². The van der Waals surface area contributed by atoms with E-state index in [1.54, 1.807) is 4.57 Å². The standard InChI is InChI=1S/C22H30BNO3/c1-15-14-24(19(25)20(2,3)4)18(17(15)16-12-10-9-11-13-16)23-26-21(5,6)22(7,8)27-23/h9-14H,1-8H3. The Bertz CT molecular complexity index is 844. The molecule has 1 aliphatic heterocycles. The molecule has 1 saturated heterocycles. The maximum atomic E-state index is 13.2. The van der Waals surface area contributed by atoms with Crippen LogP contribution < -0.4 is 5.59 Å². The van der Waals surface area contributed by atoms with Crippen LogP contribution in [0, 0.1) is 12.3 Å². The smallest absolute Gasteiger partial charge is 0.398 e. The molecule has 1 aromatic heterocycles. The molecule has 3 rings (SSSR count). The van der Waals surface area contributed by atoms with E-state index in [0.29, 0.717) is 0 Å². The molecule has 0 radical (unpaired) electrons. The molecule has 144 valence electrons. The number of nitrogens with zero attached hydrogens (tertiary/aromatic N) is 1. The highest BCUT2D eigenvalue weighted by atomic mass is 16.7. The van der Waals surface area contributed by atoms with E-state index in [4.69, 9.17) is 9.31 Å². The van der Waals surface area contributed by atoms with E-state index < -0.39 is 23.7 Å². The van der Waals surface area contributed by atoms with E-state index in [1.807, 2.05) is 79.8 Å². The van der Waals surface area contributed by atoms with Gasteiger partial charge in [0.25, 0.3) is 0 Å². The second-order valence-electron chi connectivity index (χ2n) is 9.45. The number of carbonyl (C=O) groups excluding carboxylic acids is 1. The van der Waals surface area contributed by atoms with Gasteiger partial charge in [0.15, 0.2) is 0 Å². The van der Waals surface area contributed by atoms with Crippen molar-refractivity contribution in [3.8, 4) is 11.1 Å². The number of benzene rings is 1. The molecule has 2 aromatic rings. The van der Waals surface area contributed by atoms with E-state index in [2.05, 4.69) is 12.1 Å². The molecule has 27 heavy (non-hydrogen) atoms. The average Bonchev–Trinajstić information content (AvgIpc) is 3.00. The van der Waals surface area contributed by atoms with Gasteiger partial charge in [0.05, 0.1) is 16.8 Å². The van der Waals surface area contributed by atoms with Crippen molar-refractivity contribution in [2.24, 2.45) is 5.41 Å². The zero-order valence-corrected chi connectivity index (χ0v) is 17.7. The summed E-state index contributed by atoms with van der Waals surface area (Å²) in [5.41, 5.74) is 2.41. The minimum absolute atomic E-state index is 0.0255. The van der Waals surface area contributed by atoms with Crippen LogP contribution in [0.2, 0.25) is 0 Å². The number of rotatable bonds is 2. The number of hydrogen-bond donors (Lipinski definition) is 0. The molecule has 0 bridgehead atoms. The Kier molecular flexibility index (Phi) is 4.68. The third-order valence-corrected chi connectivity index (χ3v) is 5.63. The molecule has 0 N–H and O–H groups in total. The first-order chi connectivity index (χ1) is 12.3. The fourth-order valence-corrected chi connectivity index (χ4v) is 3.35. The van der Waals surface area contributed by atoms with Gasteiger partial charge in [0.1, 0.15) is 0 Å². The van der Waals surface area contributed by atoms with Crippen molar-refractivity contribution < 1.29 is 14.1 Å². The molecule has 5 heteroatoms. The zero-order chi connectivity index (χ0) is 20.2. The van der Waals surface area contributed by atoms with E-state index in [-0.39, 0.29) is 5.91 Å². The van der Waals surface area contributed by atoms with Crippen molar-refractivity contribution in [3.05, 3.63) is 42.1 Å². The van der Waals surface area contributed by atoms with E-state index in [1.165, 1.54) is 0 Å². The predicted octanol–water partition coefficient (Wildman–Crippen LogP) is 4.45. The van der Waals surface area contributed by atoms with Crippen LogP contribution >= 0.6 is 0 Å². The molecule has 0 aliphatic carbocycles. The van der Waals surface area contributed by atoms with E-state index >= 15 is 0 Å². The highest BCUT2D eigenvalue weighted by Crippen LogP contribution is 2.38. The summed E-state index contributed by atoms with van der Waals surface area (Å²) in [6, 6.07) is 10.1. The maximum Gasteiger partial charge on any atom is 0.513 e. The van der Waals surface area contributed by atoms with Crippen molar-refractivity contribution in [1.82, 2.24) is 4.57 Å². The lowest BCUT2D eigenvalue weighted by Gasteiger charge is -2.32. The summed E-state index contributed by atoms with van der Waals surface area (Å²) in [5, 5.41) is 0. The Hall–Kier alpha value is -1.85. The topological polar surface area (TPSA) is 40.5 Å². The first-order valence-electron chi connectivity index (χ1n) is 9.53. The maximum absolute atomic E-state index is 13.2. The van der Waals surface area contributed by atoms with Crippen LogP contribution in [0.4, 0.5) is 0 Å². The Morgan fingerprint density at radius 1 is 1.00 bits per heavy atom. The summed E-state index contributed by atoms with van der Waals surface area (Å²) in [4.78, 5) is 13.2. The van der Waals surface area contributed by atoms with E-state index in [0.717, 1.165) is 22.3 Å². The zero-order valence-electron chi connectivity index (χ0n) is 17.7. The van der Waals surface area contributed by atoms with Gasteiger partial charge in [-0.2, -0.15) is 0 Å². The summed E-state index contributed by atoms with van der Waals surface area (Å²) < 4.78 is 14.4. The summed E-state index contributed by atoms with van der Waals surface area (Å²) >= 11 is 0. The van der Waals surface area contributed by atoms with Crippen LogP contribution in [-0.4, -0.2) is 28.8 Å². The van der Waals surface area contributed by atoms with Crippen molar-refractivity contribution in [1.29, 1.82) is 0 Å². The van der Waals surface area contributed by atoms with Crippen LogP contribution in [0.5, 0.6) is 0 Å². The Morgan fingerprint density at radius 2 is 1.52 bits per heavy atom. The molecule has 2 heterocycles. The van der Waals surface area contributed by atoms with Gasteiger partial charge >= 0.3 is 7.12 Å². The normalized spacial score (nSPS) is 18.7. The second kappa shape index (κ2) is 6.35. The molecule has 0 amide bonds. The minimum Gasteiger partial charge on any atom is -0.398 e. The summed E-state index contributed by atoms with van der Waals surface area (Å²) in [6.45, 7) is 15.9. The van der Waals surface area contributed by atoms with Gasteiger partial charge in [-0.1, -0.05) is 51.1 Å². The highest BCUT2D eigenvalue weighted by molar-refractivity contribution is 6.63. The molecule has 1 aromatic carbocycles. The van der Waals surface area contributed by atoms with E-state index in [9.17, 15) is 4.79 Å². The lowest BCUT2D eigenvalue weighted by molar-refractivity contribution is 0.00578. The molecular weight excluding hydrogens is 337 g/mol. The molecule has 1 aliphatic rings. The van der Waals surface area contributed by atoms with Gasteiger partial charge in [0.2, 0.25) is 5.91 Å². The van der Waals surface area contributed by atoms with Crippen molar-refractivity contribution in [2.75, 3.05) is 0 Å². The number of hydrogen-bond acceptors (Lipinski definition) is 3. The molecular formula is C22H30BNO3. The van der Waals surface area contributed by atoms with Crippen molar-refractivity contribution in [2.45, 2.75) is 66.6 Å². The summed E-state index contributed by atoms with van der Waals surface area (Å²) in [5.74, 6) is 0.0255. The van der Waals surface area contributed by atoms with Gasteiger partial charge < -0.3 is 9.31 Å². The third kappa shape index (κ3) is 3.39. The Morgan fingerprint density at radius 3 is 2.00 bits per heavy atom. The molecule has 0 saturated carbocycles. The van der Waals surface area contributed by atoms with Gasteiger partial charge in [-0.3, -0.25) is 9.36 Å². The van der Waals surface area contributed by atoms with Gasteiger partial charge in [-0.15, -0.1) is 0 Å². The van der Waals surface area contributed by atoms with Crippen LogP contribution in [0.1, 0.15) is 58.8 Å². The van der Waals surface area contributed by atoms with Crippen LogP contribution in [0.15, 0.2) is 36.5 Å². The fourth-order valence-electron chi connectivity index (χ4n) is 3.35. The Labute approximate surface area is 163 Å². The molecule has 4 nitrogen and oxygen atoms in total. The predicted molar refractivity (Wildman–Crippen MR) is 110 cm³/mol. The summed E-state index contributed by atoms with van der Waals surface area (Å²) in [6.07, 6.45) is 1.91. The molecule has 0 unspecified atom stereocenters. The van der Waals surface area contributed by atoms with Crippen molar-refractivity contribution in [3.63, 3.8) is 0 Å². The highest BCUT2D eigenvalue weighted by Gasteiger charge is 2.54. The molecule has 0 atom stereocenters. The SMILES string of the molecule is Cc1cn(C(=O)C(C)(C)C)c(B2OC(C)(C)C(C)(C)O2)c1-c1ccccc1. The number of aromatic nitrogens is 1. The second-order valence-corrected chi connectivity index (χ2v) is 9.45. The lowest BCUT2D eigenvalue weighted by atomic mass is 9.78. The van der Waals surface area contributed by atoms with Crippen LogP contribution in [-0.2, 0) is 9.31 Å². The molecule has 0 spiro atoms. The molecule has 1 fully saturated rings. The number of carbonyl (C=O) groups is 1. The number of aryl methyl sites for hydroxylation is 1. The van der Waals surface area contributed by atoms with Gasteiger partial charge in [-0.05, 0) is 45.7 Å².